The van der Waals surface area contributed by atoms with Gasteiger partial charge in [-0.05, 0) is 60.7 Å². The number of halogens is 3. The van der Waals surface area contributed by atoms with Crippen molar-refractivity contribution in [3.8, 4) is 5.75 Å². The molecule has 39 heavy (non-hydrogen) atoms. The summed E-state index contributed by atoms with van der Waals surface area (Å²) in [7, 11) is 1.32. The number of hydrogen-bond donors (Lipinski definition) is 1. The number of nitrogens with zero attached hydrogens (tertiary/aromatic N) is 1. The fraction of sp³-hybridized carbons (Fsp3) is 0.333. The van der Waals surface area contributed by atoms with Gasteiger partial charge in [0, 0.05) is 16.8 Å². The van der Waals surface area contributed by atoms with E-state index in [4.69, 9.17) is 9.47 Å². The highest BCUT2D eigenvalue weighted by Gasteiger charge is 2.68. The van der Waals surface area contributed by atoms with E-state index in [2.05, 4.69) is 0 Å². The van der Waals surface area contributed by atoms with Gasteiger partial charge >= 0.3 is 12.1 Å². The van der Waals surface area contributed by atoms with E-state index >= 15 is 0 Å². The fourth-order valence-corrected chi connectivity index (χ4v) is 5.16. The molecule has 0 saturated carbocycles. The van der Waals surface area contributed by atoms with E-state index in [9.17, 15) is 27.9 Å². The van der Waals surface area contributed by atoms with Crippen LogP contribution in [-0.2, 0) is 32.8 Å². The molecule has 3 aromatic rings. The van der Waals surface area contributed by atoms with Crippen LogP contribution in [0.15, 0.2) is 66.7 Å². The van der Waals surface area contributed by atoms with Crippen LogP contribution in [0.1, 0.15) is 47.1 Å². The van der Waals surface area contributed by atoms with Crippen LogP contribution < -0.4 is 9.64 Å². The second-order valence-electron chi connectivity index (χ2n) is 9.99. The molecule has 5 rings (SSSR count). The molecular weight excluding hydrogens is 511 g/mol. The van der Waals surface area contributed by atoms with Gasteiger partial charge in [0.25, 0.3) is 0 Å². The lowest BCUT2D eigenvalue weighted by Gasteiger charge is -2.29. The first kappa shape index (κ1) is 26.7. The van der Waals surface area contributed by atoms with Gasteiger partial charge in [-0.15, -0.1) is 0 Å². The van der Waals surface area contributed by atoms with Crippen LogP contribution in [0.25, 0.3) is 0 Å². The molecule has 1 unspecified atom stereocenters. The van der Waals surface area contributed by atoms with E-state index in [1.807, 2.05) is 30.3 Å². The minimum Gasteiger partial charge on any atom is -0.489 e. The minimum atomic E-state index is -4.84. The number of amides is 1. The Labute approximate surface area is 224 Å². The van der Waals surface area contributed by atoms with Gasteiger partial charge in [-0.3, -0.25) is 9.59 Å². The highest BCUT2D eigenvalue weighted by atomic mass is 19.4. The first-order chi connectivity index (χ1) is 18.5. The average Bonchev–Trinajstić information content (AvgIpc) is 3.58. The van der Waals surface area contributed by atoms with Crippen molar-refractivity contribution in [2.45, 2.75) is 50.0 Å². The number of methoxy groups -OCH3 is 1. The van der Waals surface area contributed by atoms with Crippen LogP contribution in [-0.4, -0.2) is 42.9 Å². The molecule has 3 atom stereocenters. The lowest BCUT2D eigenvalue weighted by molar-refractivity contribution is -0.228. The van der Waals surface area contributed by atoms with Crippen molar-refractivity contribution >= 4 is 17.6 Å². The van der Waals surface area contributed by atoms with E-state index < -0.39 is 23.8 Å². The fourth-order valence-electron chi connectivity index (χ4n) is 5.16. The summed E-state index contributed by atoms with van der Waals surface area (Å²) in [5, 5.41) is 10.3. The molecule has 0 bridgehead atoms. The van der Waals surface area contributed by atoms with Crippen LogP contribution in [0.4, 0.5) is 18.9 Å². The Hall–Kier alpha value is -3.85. The Bertz CT molecular complexity index is 1390. The summed E-state index contributed by atoms with van der Waals surface area (Å²) in [6.07, 6.45) is -4.34. The predicted molar refractivity (Wildman–Crippen MR) is 138 cm³/mol. The van der Waals surface area contributed by atoms with Crippen molar-refractivity contribution in [1.29, 1.82) is 0 Å². The van der Waals surface area contributed by atoms with Crippen LogP contribution in [0.5, 0.6) is 5.75 Å². The van der Waals surface area contributed by atoms with Crippen LogP contribution >= 0.6 is 0 Å². The average molecular weight is 540 g/mol. The van der Waals surface area contributed by atoms with Gasteiger partial charge in [-0.25, -0.2) is 0 Å². The third-order valence-electron chi connectivity index (χ3n) is 7.50. The van der Waals surface area contributed by atoms with E-state index in [-0.39, 0.29) is 36.0 Å². The monoisotopic (exact) mass is 539 g/mol. The van der Waals surface area contributed by atoms with Gasteiger partial charge < -0.3 is 19.5 Å². The maximum atomic E-state index is 13.8. The minimum absolute atomic E-state index is 0.121. The molecule has 204 valence electrons. The molecule has 1 heterocycles. The summed E-state index contributed by atoms with van der Waals surface area (Å²) in [5.41, 5.74) is -0.901. The van der Waals surface area contributed by atoms with Gasteiger partial charge in [-0.2, -0.15) is 13.2 Å². The van der Waals surface area contributed by atoms with Crippen molar-refractivity contribution in [3.63, 3.8) is 0 Å². The zero-order valence-electron chi connectivity index (χ0n) is 21.5. The first-order valence-electron chi connectivity index (χ1n) is 12.7. The lowest BCUT2D eigenvalue weighted by Crippen LogP contribution is -2.41. The molecule has 3 aromatic carbocycles. The summed E-state index contributed by atoms with van der Waals surface area (Å²) in [4.78, 5) is 26.8. The van der Waals surface area contributed by atoms with Crippen molar-refractivity contribution < 1.29 is 37.3 Å². The van der Waals surface area contributed by atoms with E-state index in [0.717, 1.165) is 11.1 Å². The number of ether oxygens (including phenoxy) is 2. The normalized spacial score (nSPS) is 20.8. The highest BCUT2D eigenvalue weighted by Crippen LogP contribution is 2.59. The second kappa shape index (κ2) is 10.0. The highest BCUT2D eigenvalue weighted by molar-refractivity contribution is 5.99. The molecule has 2 aliphatic rings. The number of alkyl halides is 3. The Morgan fingerprint density at radius 3 is 2.38 bits per heavy atom. The van der Waals surface area contributed by atoms with E-state index in [1.165, 1.54) is 24.1 Å². The SMILES string of the molecule is COC(=O)Cc1ccc(O[C@H]2CCc3cc4c(cc3N(C(=O)[C@@H](C)c3ccccc3)C2)C4(O)C(F)(F)F)cc1. The molecule has 1 aliphatic heterocycles. The Morgan fingerprint density at radius 2 is 1.74 bits per heavy atom. The zero-order chi connectivity index (χ0) is 27.9. The first-order valence-corrected chi connectivity index (χ1v) is 12.7. The number of carbonyl (C=O) groups is 2. The number of aliphatic hydroxyl groups is 1. The van der Waals surface area contributed by atoms with Crippen LogP contribution in [0, 0.1) is 0 Å². The number of esters is 1. The molecule has 6 nitrogen and oxygen atoms in total. The van der Waals surface area contributed by atoms with E-state index in [1.54, 1.807) is 31.2 Å². The molecule has 9 heteroatoms. The van der Waals surface area contributed by atoms with Crippen molar-refractivity contribution in [2.75, 3.05) is 18.6 Å². The number of hydrogen-bond acceptors (Lipinski definition) is 5. The number of benzene rings is 3. The summed E-state index contributed by atoms with van der Waals surface area (Å²) < 4.78 is 51.8. The number of rotatable bonds is 6. The third-order valence-corrected chi connectivity index (χ3v) is 7.50. The summed E-state index contributed by atoms with van der Waals surface area (Å²) in [6.45, 7) is 1.88. The van der Waals surface area contributed by atoms with Gasteiger partial charge in [0.05, 0.1) is 26.0 Å². The van der Waals surface area contributed by atoms with Gasteiger partial charge in [0.1, 0.15) is 11.9 Å². The van der Waals surface area contributed by atoms with Crippen molar-refractivity contribution in [1.82, 2.24) is 0 Å². The number of carbonyl (C=O) groups excluding carboxylic acids is 2. The molecule has 0 fully saturated rings. The molecule has 1 N–H and O–H groups in total. The summed E-state index contributed by atoms with van der Waals surface area (Å²) >= 11 is 0. The van der Waals surface area contributed by atoms with Gasteiger partial charge in [-0.1, -0.05) is 42.5 Å². The summed E-state index contributed by atoms with van der Waals surface area (Å²) in [6, 6.07) is 18.8. The Balaban J connectivity index is 1.44. The predicted octanol–water partition coefficient (Wildman–Crippen LogP) is 5.04. The number of fused-ring (bicyclic) bond motifs is 2. The van der Waals surface area contributed by atoms with Crippen molar-refractivity contribution in [2.24, 2.45) is 0 Å². The Kier molecular flexibility index (Phi) is 6.88. The number of anilines is 1. The largest absolute Gasteiger partial charge is 0.489 e. The maximum absolute atomic E-state index is 13.8. The molecule has 1 aliphatic carbocycles. The summed E-state index contributed by atoms with van der Waals surface area (Å²) in [5.74, 6) is -0.643. The molecule has 0 saturated heterocycles. The lowest BCUT2D eigenvalue weighted by atomic mass is 9.99. The van der Waals surface area contributed by atoms with Crippen LogP contribution in [0.2, 0.25) is 0 Å². The quantitative estimate of drug-likeness (QED) is 0.444. The third kappa shape index (κ3) is 4.98. The van der Waals surface area contributed by atoms with Crippen LogP contribution in [0.3, 0.4) is 0 Å². The topological polar surface area (TPSA) is 76.1 Å². The maximum Gasteiger partial charge on any atom is 0.425 e. The number of aryl methyl sites for hydroxylation is 1. The smallest absolute Gasteiger partial charge is 0.425 e. The molecular formula is C30H28F3NO5. The molecule has 1 amide bonds. The molecule has 0 radical (unpaired) electrons. The molecule has 0 spiro atoms. The zero-order valence-corrected chi connectivity index (χ0v) is 21.5. The van der Waals surface area contributed by atoms with Crippen molar-refractivity contribution in [3.05, 3.63) is 94.5 Å². The second-order valence-corrected chi connectivity index (χ2v) is 9.99. The van der Waals surface area contributed by atoms with E-state index in [0.29, 0.717) is 29.8 Å². The van der Waals surface area contributed by atoms with Gasteiger partial charge in [0.15, 0.2) is 0 Å². The standard InChI is InChI=1S/C30H28F3NO5/c1-18(20-6-4-3-5-7-20)28(36)34-17-23(39-22-11-8-19(9-12-22)14-27(35)38-2)13-10-21-15-24-25(16-26(21)34)29(24,37)30(31,32)33/h3-9,11-12,15-16,18,23,37H,10,13-14,17H2,1-2H3/t18-,23-,29?/m0/s1. The molecule has 0 aromatic heterocycles. The Morgan fingerprint density at radius 1 is 1.08 bits per heavy atom. The van der Waals surface area contributed by atoms with Gasteiger partial charge in [0.2, 0.25) is 11.5 Å².